The molecule has 1 fully saturated rings. The molecule has 0 spiro atoms. The predicted octanol–water partition coefficient (Wildman–Crippen LogP) is 2.58. The molecule has 0 saturated carbocycles. The van der Waals surface area contributed by atoms with Crippen molar-refractivity contribution < 1.29 is 8.42 Å². The Labute approximate surface area is 121 Å². The molecule has 1 unspecified atom stereocenters. The fraction of sp³-hybridized carbons (Fsp3) is 0.286. The van der Waals surface area contributed by atoms with E-state index in [4.69, 9.17) is 5.26 Å². The SMILES string of the molecule is N#Cc1ccc(-c2csc(C3CCS(=O)(=O)C3)n2)cc1. The molecule has 2 aromatic rings. The second-order valence-electron chi connectivity index (χ2n) is 4.86. The Balaban J connectivity index is 1.85. The van der Waals surface area contributed by atoms with E-state index < -0.39 is 9.84 Å². The molecule has 0 amide bonds. The fourth-order valence-electron chi connectivity index (χ4n) is 2.31. The quantitative estimate of drug-likeness (QED) is 0.855. The van der Waals surface area contributed by atoms with Gasteiger partial charge in [-0.1, -0.05) is 12.1 Å². The number of thiazole rings is 1. The Kier molecular flexibility index (Phi) is 3.32. The lowest BCUT2D eigenvalue weighted by atomic mass is 10.1. The lowest BCUT2D eigenvalue weighted by Crippen LogP contribution is -2.03. The first-order chi connectivity index (χ1) is 9.57. The van der Waals surface area contributed by atoms with Crippen LogP contribution in [0.2, 0.25) is 0 Å². The van der Waals surface area contributed by atoms with E-state index in [1.807, 2.05) is 17.5 Å². The molecule has 0 bridgehead atoms. The lowest BCUT2D eigenvalue weighted by Gasteiger charge is -2.01. The molecule has 1 aromatic carbocycles. The molecule has 0 aliphatic carbocycles. The summed E-state index contributed by atoms with van der Waals surface area (Å²) in [6.07, 6.45) is 0.669. The topological polar surface area (TPSA) is 70.8 Å². The van der Waals surface area contributed by atoms with Crippen LogP contribution in [0.15, 0.2) is 29.6 Å². The summed E-state index contributed by atoms with van der Waals surface area (Å²) in [7, 11) is -2.88. The Morgan fingerprint density at radius 2 is 2.05 bits per heavy atom. The highest BCUT2D eigenvalue weighted by Gasteiger charge is 2.30. The van der Waals surface area contributed by atoms with E-state index in [2.05, 4.69) is 11.1 Å². The van der Waals surface area contributed by atoms with E-state index in [9.17, 15) is 8.42 Å². The average Bonchev–Trinajstić information content (AvgIpc) is 3.05. The maximum Gasteiger partial charge on any atom is 0.151 e. The number of rotatable bonds is 2. The number of nitrogens with zero attached hydrogens (tertiary/aromatic N) is 2. The minimum absolute atomic E-state index is 0.0390. The van der Waals surface area contributed by atoms with E-state index in [1.54, 1.807) is 12.1 Å². The molecule has 0 N–H and O–H groups in total. The smallest absolute Gasteiger partial charge is 0.151 e. The number of nitriles is 1. The summed E-state index contributed by atoms with van der Waals surface area (Å²) in [5, 5.41) is 11.6. The van der Waals surface area contributed by atoms with Gasteiger partial charge in [0.15, 0.2) is 9.84 Å². The van der Waals surface area contributed by atoms with Crippen molar-refractivity contribution in [2.24, 2.45) is 0 Å². The van der Waals surface area contributed by atoms with Crippen LogP contribution in [0, 0.1) is 11.3 Å². The second kappa shape index (κ2) is 5.00. The minimum atomic E-state index is -2.88. The summed E-state index contributed by atoms with van der Waals surface area (Å²) in [5.41, 5.74) is 2.41. The molecule has 0 radical (unpaired) electrons. The normalized spacial score (nSPS) is 20.6. The zero-order valence-electron chi connectivity index (χ0n) is 10.6. The van der Waals surface area contributed by atoms with Gasteiger partial charge in [0.1, 0.15) is 0 Å². The summed E-state index contributed by atoms with van der Waals surface area (Å²) < 4.78 is 23.0. The van der Waals surface area contributed by atoms with Crippen molar-refractivity contribution in [1.82, 2.24) is 4.98 Å². The first kappa shape index (κ1) is 13.3. The summed E-state index contributed by atoms with van der Waals surface area (Å²) in [6, 6.07) is 9.32. The van der Waals surface area contributed by atoms with Crippen LogP contribution in [0.5, 0.6) is 0 Å². The Bertz CT molecular complexity index is 770. The molecule has 6 heteroatoms. The summed E-state index contributed by atoms with van der Waals surface area (Å²) >= 11 is 1.51. The van der Waals surface area contributed by atoms with E-state index >= 15 is 0 Å². The molecule has 1 aromatic heterocycles. The van der Waals surface area contributed by atoms with Crippen molar-refractivity contribution in [3.8, 4) is 17.3 Å². The Morgan fingerprint density at radius 1 is 1.30 bits per heavy atom. The fourth-order valence-corrected chi connectivity index (χ4v) is 5.13. The number of hydrogen-bond donors (Lipinski definition) is 0. The summed E-state index contributed by atoms with van der Waals surface area (Å²) in [4.78, 5) is 4.55. The van der Waals surface area contributed by atoms with Crippen LogP contribution in [0.3, 0.4) is 0 Å². The van der Waals surface area contributed by atoms with Gasteiger partial charge in [-0.3, -0.25) is 0 Å². The van der Waals surface area contributed by atoms with Crippen molar-refractivity contribution in [3.05, 3.63) is 40.2 Å². The van der Waals surface area contributed by atoms with Crippen LogP contribution in [0.25, 0.3) is 11.3 Å². The van der Waals surface area contributed by atoms with Crippen LogP contribution in [0.4, 0.5) is 0 Å². The maximum atomic E-state index is 11.5. The highest BCUT2D eigenvalue weighted by atomic mass is 32.2. The first-order valence-electron chi connectivity index (χ1n) is 6.24. The van der Waals surface area contributed by atoms with Crippen molar-refractivity contribution >= 4 is 21.2 Å². The maximum absolute atomic E-state index is 11.5. The van der Waals surface area contributed by atoms with E-state index in [-0.39, 0.29) is 17.4 Å². The number of aromatic nitrogens is 1. The van der Waals surface area contributed by atoms with E-state index in [0.29, 0.717) is 12.0 Å². The van der Waals surface area contributed by atoms with Gasteiger partial charge in [0.2, 0.25) is 0 Å². The Hall–Kier alpha value is -1.71. The molecule has 3 rings (SSSR count). The largest absolute Gasteiger partial charge is 0.241 e. The summed E-state index contributed by atoms with van der Waals surface area (Å²) in [6.45, 7) is 0. The minimum Gasteiger partial charge on any atom is -0.241 e. The summed E-state index contributed by atoms with van der Waals surface area (Å²) in [5.74, 6) is 0.522. The predicted molar refractivity (Wildman–Crippen MR) is 78.3 cm³/mol. The highest BCUT2D eigenvalue weighted by Crippen LogP contribution is 2.33. The van der Waals surface area contributed by atoms with Crippen LogP contribution >= 0.6 is 11.3 Å². The van der Waals surface area contributed by atoms with Gasteiger partial charge in [-0.05, 0) is 18.6 Å². The zero-order valence-corrected chi connectivity index (χ0v) is 12.2. The lowest BCUT2D eigenvalue weighted by molar-refractivity contribution is 0.601. The van der Waals surface area contributed by atoms with Crippen molar-refractivity contribution in [3.63, 3.8) is 0 Å². The molecular formula is C14H12N2O2S2. The molecule has 2 heterocycles. The average molecular weight is 304 g/mol. The number of sulfone groups is 1. The van der Waals surface area contributed by atoms with Gasteiger partial charge in [0.25, 0.3) is 0 Å². The van der Waals surface area contributed by atoms with Gasteiger partial charge in [-0.25, -0.2) is 13.4 Å². The second-order valence-corrected chi connectivity index (χ2v) is 7.98. The standard InChI is InChI=1S/C14H12N2O2S2/c15-7-10-1-3-11(4-2-10)13-8-19-14(16-13)12-5-6-20(17,18)9-12/h1-4,8,12H,5-6,9H2. The van der Waals surface area contributed by atoms with E-state index in [1.165, 1.54) is 11.3 Å². The van der Waals surface area contributed by atoms with Gasteiger partial charge in [-0.2, -0.15) is 5.26 Å². The van der Waals surface area contributed by atoms with Gasteiger partial charge in [0.05, 0.1) is 33.8 Å². The molecule has 1 aliphatic heterocycles. The molecular weight excluding hydrogens is 292 g/mol. The zero-order chi connectivity index (χ0) is 14.2. The van der Waals surface area contributed by atoms with Gasteiger partial charge < -0.3 is 0 Å². The molecule has 1 atom stereocenters. The number of benzene rings is 1. The molecule has 1 saturated heterocycles. The van der Waals surface area contributed by atoms with Gasteiger partial charge in [0, 0.05) is 16.9 Å². The highest BCUT2D eigenvalue weighted by molar-refractivity contribution is 7.91. The molecule has 4 nitrogen and oxygen atoms in total. The van der Waals surface area contributed by atoms with Gasteiger partial charge in [-0.15, -0.1) is 11.3 Å². The third-order valence-electron chi connectivity index (χ3n) is 3.41. The molecule has 1 aliphatic rings. The Morgan fingerprint density at radius 3 is 2.65 bits per heavy atom. The van der Waals surface area contributed by atoms with Crippen LogP contribution in [-0.4, -0.2) is 24.9 Å². The van der Waals surface area contributed by atoms with Crippen molar-refractivity contribution in [2.75, 3.05) is 11.5 Å². The number of hydrogen-bond acceptors (Lipinski definition) is 5. The van der Waals surface area contributed by atoms with Crippen molar-refractivity contribution in [1.29, 1.82) is 5.26 Å². The third kappa shape index (κ3) is 2.60. The molecule has 20 heavy (non-hydrogen) atoms. The van der Waals surface area contributed by atoms with Crippen LogP contribution in [-0.2, 0) is 9.84 Å². The van der Waals surface area contributed by atoms with Gasteiger partial charge >= 0.3 is 0 Å². The monoisotopic (exact) mass is 304 g/mol. The van der Waals surface area contributed by atoms with Crippen molar-refractivity contribution in [2.45, 2.75) is 12.3 Å². The first-order valence-corrected chi connectivity index (χ1v) is 8.94. The van der Waals surface area contributed by atoms with Crippen LogP contribution in [0.1, 0.15) is 22.9 Å². The van der Waals surface area contributed by atoms with Crippen LogP contribution < -0.4 is 0 Å². The molecule has 102 valence electrons. The van der Waals surface area contributed by atoms with E-state index in [0.717, 1.165) is 16.3 Å². The third-order valence-corrected chi connectivity index (χ3v) is 6.19.